The Labute approximate surface area is 104 Å². The molecule has 84 valence electrons. The summed E-state index contributed by atoms with van der Waals surface area (Å²) in [7, 11) is 0. The molecule has 17 heavy (non-hydrogen) atoms. The van der Waals surface area contributed by atoms with Gasteiger partial charge in [0.25, 0.3) is 0 Å². The summed E-state index contributed by atoms with van der Waals surface area (Å²) in [6.45, 7) is 2.07. The number of aryl methyl sites for hydroxylation is 1. The summed E-state index contributed by atoms with van der Waals surface area (Å²) in [5, 5.41) is 0.679. The van der Waals surface area contributed by atoms with Gasteiger partial charge in [0.2, 0.25) is 0 Å². The lowest BCUT2D eigenvalue weighted by Crippen LogP contribution is -1.83. The lowest BCUT2D eigenvalue weighted by atomic mass is 10.1. The van der Waals surface area contributed by atoms with Crippen LogP contribution in [-0.2, 0) is 0 Å². The van der Waals surface area contributed by atoms with E-state index in [0.29, 0.717) is 5.02 Å². The van der Waals surface area contributed by atoms with Crippen molar-refractivity contribution in [1.82, 2.24) is 9.97 Å². The van der Waals surface area contributed by atoms with Gasteiger partial charge in [-0.25, -0.2) is 4.98 Å². The van der Waals surface area contributed by atoms with Gasteiger partial charge >= 0.3 is 0 Å². The lowest BCUT2D eigenvalue weighted by Gasteiger charge is -2.00. The monoisotopic (exact) mass is 242 g/mol. The van der Waals surface area contributed by atoms with Crippen molar-refractivity contribution in [3.8, 4) is 11.4 Å². The topological polar surface area (TPSA) is 28.7 Å². The van der Waals surface area contributed by atoms with Crippen LogP contribution >= 0.6 is 11.6 Å². The minimum atomic E-state index is 0.679. The second-order valence-corrected chi connectivity index (χ2v) is 4.44. The Hall–Kier alpha value is -1.80. The van der Waals surface area contributed by atoms with Crippen LogP contribution in [0.5, 0.6) is 0 Å². The molecule has 0 radical (unpaired) electrons. The Morgan fingerprint density at radius 1 is 1.06 bits per heavy atom. The fourth-order valence-electron chi connectivity index (χ4n) is 1.96. The number of imidazole rings is 1. The summed E-state index contributed by atoms with van der Waals surface area (Å²) in [5.41, 5.74) is 4.10. The van der Waals surface area contributed by atoms with E-state index in [1.54, 1.807) is 0 Å². The van der Waals surface area contributed by atoms with E-state index >= 15 is 0 Å². The Kier molecular flexibility index (Phi) is 2.37. The molecule has 0 aliphatic carbocycles. The van der Waals surface area contributed by atoms with Crippen molar-refractivity contribution in [2.75, 3.05) is 0 Å². The molecule has 0 unspecified atom stereocenters. The van der Waals surface area contributed by atoms with Gasteiger partial charge in [-0.2, -0.15) is 0 Å². The molecular weight excluding hydrogens is 232 g/mol. The number of aromatic nitrogens is 2. The SMILES string of the molecule is Cc1ccccc1-c1nc2c(Cl)cccc2[nH]1. The van der Waals surface area contributed by atoms with Gasteiger partial charge in [0.05, 0.1) is 10.5 Å². The molecule has 0 aliphatic rings. The first kappa shape index (κ1) is 10.4. The molecular formula is C14H11ClN2. The molecule has 0 amide bonds. The Bertz CT molecular complexity index is 686. The minimum absolute atomic E-state index is 0.679. The third-order valence-corrected chi connectivity index (χ3v) is 3.17. The van der Waals surface area contributed by atoms with Crippen LogP contribution in [0.2, 0.25) is 5.02 Å². The zero-order valence-corrected chi connectivity index (χ0v) is 10.1. The first-order valence-corrected chi connectivity index (χ1v) is 5.84. The molecule has 1 aromatic heterocycles. The summed E-state index contributed by atoms with van der Waals surface area (Å²) < 4.78 is 0. The van der Waals surface area contributed by atoms with E-state index < -0.39 is 0 Å². The number of nitrogens with one attached hydrogen (secondary N) is 1. The maximum absolute atomic E-state index is 6.12. The average Bonchev–Trinajstić information content (AvgIpc) is 2.75. The number of benzene rings is 2. The Balaban J connectivity index is 2.26. The highest BCUT2D eigenvalue weighted by molar-refractivity contribution is 6.35. The van der Waals surface area contributed by atoms with Gasteiger partial charge in [-0.05, 0) is 24.6 Å². The van der Waals surface area contributed by atoms with E-state index in [2.05, 4.69) is 29.0 Å². The number of fused-ring (bicyclic) bond motifs is 1. The molecule has 3 aromatic rings. The fraction of sp³-hybridized carbons (Fsp3) is 0.0714. The highest BCUT2D eigenvalue weighted by Gasteiger charge is 2.08. The molecule has 0 saturated heterocycles. The largest absolute Gasteiger partial charge is 0.338 e. The normalized spacial score (nSPS) is 10.9. The smallest absolute Gasteiger partial charge is 0.138 e. The van der Waals surface area contributed by atoms with Gasteiger partial charge in [0.15, 0.2) is 0 Å². The molecule has 0 atom stereocenters. The molecule has 0 bridgehead atoms. The van der Waals surface area contributed by atoms with Gasteiger partial charge in [0.1, 0.15) is 11.3 Å². The maximum Gasteiger partial charge on any atom is 0.138 e. The van der Waals surface area contributed by atoms with Crippen molar-refractivity contribution >= 4 is 22.6 Å². The van der Waals surface area contributed by atoms with Gasteiger partial charge < -0.3 is 4.98 Å². The Morgan fingerprint density at radius 2 is 1.88 bits per heavy atom. The fourth-order valence-corrected chi connectivity index (χ4v) is 2.18. The van der Waals surface area contributed by atoms with E-state index in [1.807, 2.05) is 30.3 Å². The van der Waals surface area contributed by atoms with Gasteiger partial charge in [-0.1, -0.05) is 41.9 Å². The molecule has 2 nitrogen and oxygen atoms in total. The van der Waals surface area contributed by atoms with Crippen molar-refractivity contribution in [3.05, 3.63) is 53.1 Å². The summed E-state index contributed by atoms with van der Waals surface area (Å²) in [6.07, 6.45) is 0. The van der Waals surface area contributed by atoms with Crippen LogP contribution in [0.25, 0.3) is 22.4 Å². The van der Waals surface area contributed by atoms with E-state index in [4.69, 9.17) is 11.6 Å². The first-order valence-electron chi connectivity index (χ1n) is 5.46. The predicted molar refractivity (Wildman–Crippen MR) is 71.3 cm³/mol. The third-order valence-electron chi connectivity index (χ3n) is 2.86. The number of hydrogen-bond donors (Lipinski definition) is 1. The van der Waals surface area contributed by atoms with Gasteiger partial charge in [-0.3, -0.25) is 0 Å². The zero-order chi connectivity index (χ0) is 11.8. The van der Waals surface area contributed by atoms with E-state index in [9.17, 15) is 0 Å². The molecule has 2 aromatic carbocycles. The number of halogens is 1. The highest BCUT2D eigenvalue weighted by Crippen LogP contribution is 2.26. The molecule has 1 heterocycles. The third kappa shape index (κ3) is 1.71. The van der Waals surface area contributed by atoms with E-state index in [-0.39, 0.29) is 0 Å². The standard InChI is InChI=1S/C14H11ClN2/c1-9-5-2-3-6-10(9)14-16-12-8-4-7-11(15)13(12)17-14/h2-8H,1H3,(H,16,17). The molecule has 1 N–H and O–H groups in total. The number of hydrogen-bond acceptors (Lipinski definition) is 1. The van der Waals surface area contributed by atoms with Crippen LogP contribution < -0.4 is 0 Å². The number of nitrogens with zero attached hydrogens (tertiary/aromatic N) is 1. The van der Waals surface area contributed by atoms with Gasteiger partial charge in [-0.15, -0.1) is 0 Å². The maximum atomic E-state index is 6.12. The predicted octanol–water partition coefficient (Wildman–Crippen LogP) is 4.19. The number of para-hydroxylation sites is 1. The molecule has 0 spiro atoms. The lowest BCUT2D eigenvalue weighted by molar-refractivity contribution is 1.31. The summed E-state index contributed by atoms with van der Waals surface area (Å²) in [5.74, 6) is 0.867. The van der Waals surface area contributed by atoms with Crippen LogP contribution in [0.15, 0.2) is 42.5 Å². The van der Waals surface area contributed by atoms with Crippen LogP contribution in [0.4, 0.5) is 0 Å². The highest BCUT2D eigenvalue weighted by atomic mass is 35.5. The van der Waals surface area contributed by atoms with E-state index in [1.165, 1.54) is 5.56 Å². The number of H-pyrrole nitrogens is 1. The van der Waals surface area contributed by atoms with Crippen molar-refractivity contribution in [1.29, 1.82) is 0 Å². The number of rotatable bonds is 1. The first-order chi connectivity index (χ1) is 8.25. The van der Waals surface area contributed by atoms with Crippen LogP contribution in [0.3, 0.4) is 0 Å². The zero-order valence-electron chi connectivity index (χ0n) is 9.37. The second kappa shape index (κ2) is 3.90. The molecule has 0 saturated carbocycles. The summed E-state index contributed by atoms with van der Waals surface area (Å²) >= 11 is 6.12. The van der Waals surface area contributed by atoms with Crippen molar-refractivity contribution in [2.24, 2.45) is 0 Å². The molecule has 3 rings (SSSR count). The van der Waals surface area contributed by atoms with Crippen LogP contribution in [0.1, 0.15) is 5.56 Å². The second-order valence-electron chi connectivity index (χ2n) is 4.04. The minimum Gasteiger partial charge on any atom is -0.338 e. The molecule has 0 aliphatic heterocycles. The van der Waals surface area contributed by atoms with Crippen LogP contribution in [0, 0.1) is 6.92 Å². The molecule has 0 fully saturated rings. The average molecular weight is 243 g/mol. The van der Waals surface area contributed by atoms with Crippen LogP contribution in [-0.4, -0.2) is 9.97 Å². The summed E-state index contributed by atoms with van der Waals surface area (Å²) in [4.78, 5) is 7.85. The van der Waals surface area contributed by atoms with E-state index in [0.717, 1.165) is 22.4 Å². The summed E-state index contributed by atoms with van der Waals surface area (Å²) in [6, 6.07) is 13.9. The van der Waals surface area contributed by atoms with Crippen molar-refractivity contribution < 1.29 is 0 Å². The Morgan fingerprint density at radius 3 is 2.65 bits per heavy atom. The quantitative estimate of drug-likeness (QED) is 0.681. The number of aromatic amines is 1. The van der Waals surface area contributed by atoms with Crippen molar-refractivity contribution in [2.45, 2.75) is 6.92 Å². The van der Waals surface area contributed by atoms with Gasteiger partial charge in [0, 0.05) is 5.56 Å². The molecule has 3 heteroatoms. The van der Waals surface area contributed by atoms with Crippen molar-refractivity contribution in [3.63, 3.8) is 0 Å².